The van der Waals surface area contributed by atoms with Crippen LogP contribution in [0.3, 0.4) is 0 Å². The van der Waals surface area contributed by atoms with Crippen LogP contribution in [0, 0.1) is 5.82 Å². The minimum Gasteiger partial charge on any atom is -0.364 e. The lowest BCUT2D eigenvalue weighted by Crippen LogP contribution is -2.36. The lowest BCUT2D eigenvalue weighted by atomic mass is 10.0. The second-order valence-electron chi connectivity index (χ2n) is 6.58. The molecule has 4 rings (SSSR count). The van der Waals surface area contributed by atoms with Crippen molar-refractivity contribution in [3.8, 4) is 11.3 Å². The Balaban J connectivity index is 1.40. The molecule has 1 aliphatic rings. The van der Waals surface area contributed by atoms with E-state index in [9.17, 15) is 4.39 Å². The van der Waals surface area contributed by atoms with E-state index >= 15 is 0 Å². The van der Waals surface area contributed by atoms with Gasteiger partial charge < -0.3 is 9.09 Å². The van der Waals surface area contributed by atoms with Crippen LogP contribution < -0.4 is 0 Å². The van der Waals surface area contributed by atoms with Crippen molar-refractivity contribution < 1.29 is 8.91 Å². The number of nitrogens with zero attached hydrogens (tertiary/aromatic N) is 4. The van der Waals surface area contributed by atoms with E-state index in [-0.39, 0.29) is 11.9 Å². The molecule has 130 valence electrons. The highest BCUT2D eigenvalue weighted by Crippen LogP contribution is 2.29. The van der Waals surface area contributed by atoms with Gasteiger partial charge in [-0.25, -0.2) is 9.37 Å². The molecule has 6 heteroatoms. The van der Waals surface area contributed by atoms with Crippen LogP contribution in [0.1, 0.15) is 37.5 Å². The van der Waals surface area contributed by atoms with Gasteiger partial charge in [-0.2, -0.15) is 0 Å². The summed E-state index contributed by atoms with van der Waals surface area (Å²) in [5.41, 5.74) is 2.82. The number of rotatable bonds is 4. The number of halogens is 1. The number of hydrogen-bond donors (Lipinski definition) is 0. The van der Waals surface area contributed by atoms with Gasteiger partial charge in [0.15, 0.2) is 0 Å². The topological polar surface area (TPSA) is 47.1 Å². The Labute approximate surface area is 146 Å². The van der Waals surface area contributed by atoms with Gasteiger partial charge in [0.25, 0.3) is 0 Å². The summed E-state index contributed by atoms with van der Waals surface area (Å²) in [7, 11) is 0. The first-order chi connectivity index (χ1) is 12.2. The fourth-order valence-corrected chi connectivity index (χ4v) is 3.50. The van der Waals surface area contributed by atoms with Gasteiger partial charge in [0.2, 0.25) is 0 Å². The largest absolute Gasteiger partial charge is 0.364 e. The van der Waals surface area contributed by atoms with E-state index in [0.29, 0.717) is 6.04 Å². The van der Waals surface area contributed by atoms with Crippen LogP contribution in [0.25, 0.3) is 11.3 Å². The number of imidazole rings is 1. The molecule has 0 N–H and O–H groups in total. The van der Waals surface area contributed by atoms with Crippen LogP contribution in [-0.2, 0) is 0 Å². The van der Waals surface area contributed by atoms with E-state index < -0.39 is 0 Å². The average Bonchev–Trinajstić information content (AvgIpc) is 3.34. The predicted octanol–water partition coefficient (Wildman–Crippen LogP) is 4.08. The fourth-order valence-electron chi connectivity index (χ4n) is 3.50. The van der Waals surface area contributed by atoms with Crippen LogP contribution >= 0.6 is 0 Å². The zero-order valence-electron chi connectivity index (χ0n) is 14.2. The SMILES string of the molecule is CC(c1ccon1)N1CCC(n2cnc(-c3ccc(F)cc3)c2)CC1. The Morgan fingerprint density at radius 1 is 1.16 bits per heavy atom. The van der Waals surface area contributed by atoms with Gasteiger partial charge in [-0.3, -0.25) is 4.90 Å². The molecule has 2 aromatic heterocycles. The van der Waals surface area contributed by atoms with Crippen LogP contribution in [0.4, 0.5) is 4.39 Å². The summed E-state index contributed by atoms with van der Waals surface area (Å²) >= 11 is 0. The highest BCUT2D eigenvalue weighted by atomic mass is 19.1. The Morgan fingerprint density at radius 2 is 1.92 bits per heavy atom. The molecule has 0 bridgehead atoms. The maximum Gasteiger partial charge on any atom is 0.124 e. The first kappa shape index (κ1) is 16.0. The molecule has 0 aliphatic carbocycles. The molecular formula is C19H21FN4O. The normalized spacial score (nSPS) is 17.7. The van der Waals surface area contributed by atoms with Crippen molar-refractivity contribution in [1.29, 1.82) is 0 Å². The second-order valence-corrected chi connectivity index (χ2v) is 6.58. The van der Waals surface area contributed by atoms with Crippen molar-refractivity contribution in [3.63, 3.8) is 0 Å². The monoisotopic (exact) mass is 340 g/mol. The minimum atomic E-state index is -0.225. The van der Waals surface area contributed by atoms with Gasteiger partial charge in [0.05, 0.1) is 18.1 Å². The van der Waals surface area contributed by atoms with E-state index in [1.165, 1.54) is 12.1 Å². The van der Waals surface area contributed by atoms with Crippen molar-refractivity contribution in [2.45, 2.75) is 31.8 Å². The van der Waals surface area contributed by atoms with Gasteiger partial charge in [0, 0.05) is 37.0 Å². The summed E-state index contributed by atoms with van der Waals surface area (Å²) < 4.78 is 20.2. The molecule has 1 saturated heterocycles. The van der Waals surface area contributed by atoms with E-state index in [0.717, 1.165) is 42.9 Å². The summed E-state index contributed by atoms with van der Waals surface area (Å²) in [6.07, 6.45) is 7.72. The number of piperidine rings is 1. The predicted molar refractivity (Wildman–Crippen MR) is 92.4 cm³/mol. The highest BCUT2D eigenvalue weighted by Gasteiger charge is 2.25. The van der Waals surface area contributed by atoms with Crippen LogP contribution in [0.5, 0.6) is 0 Å². The number of aromatic nitrogens is 3. The smallest absolute Gasteiger partial charge is 0.124 e. The first-order valence-electron chi connectivity index (χ1n) is 8.64. The summed E-state index contributed by atoms with van der Waals surface area (Å²) in [5.74, 6) is -0.225. The van der Waals surface area contributed by atoms with Crippen molar-refractivity contribution >= 4 is 0 Å². The Hall–Kier alpha value is -2.47. The van der Waals surface area contributed by atoms with Crippen LogP contribution in [0.15, 0.2) is 53.6 Å². The first-order valence-corrected chi connectivity index (χ1v) is 8.64. The molecule has 1 aliphatic heterocycles. The standard InChI is InChI=1S/C19H21FN4O/c1-14(18-8-11-25-22-18)23-9-6-17(7-10-23)24-12-19(21-13-24)15-2-4-16(20)5-3-15/h2-5,8,11-14,17H,6-7,9-10H2,1H3. The third-order valence-corrected chi connectivity index (χ3v) is 5.10. The zero-order valence-corrected chi connectivity index (χ0v) is 14.2. The quantitative estimate of drug-likeness (QED) is 0.718. The minimum absolute atomic E-state index is 0.225. The maximum atomic E-state index is 13.1. The van der Waals surface area contributed by atoms with E-state index in [1.807, 2.05) is 12.4 Å². The van der Waals surface area contributed by atoms with Gasteiger partial charge >= 0.3 is 0 Å². The fraction of sp³-hybridized carbons (Fsp3) is 0.368. The Kier molecular flexibility index (Phi) is 4.36. The molecule has 1 unspecified atom stereocenters. The molecule has 1 atom stereocenters. The number of hydrogen-bond acceptors (Lipinski definition) is 4. The summed E-state index contributed by atoms with van der Waals surface area (Å²) in [4.78, 5) is 6.93. The molecule has 0 radical (unpaired) electrons. The maximum absolute atomic E-state index is 13.1. The van der Waals surface area contributed by atoms with Crippen molar-refractivity contribution in [2.75, 3.05) is 13.1 Å². The van der Waals surface area contributed by atoms with Gasteiger partial charge in [-0.15, -0.1) is 0 Å². The number of benzene rings is 1. The van der Waals surface area contributed by atoms with E-state index in [2.05, 4.69) is 32.7 Å². The molecule has 3 heterocycles. The van der Waals surface area contributed by atoms with Crippen LogP contribution in [0.2, 0.25) is 0 Å². The summed E-state index contributed by atoms with van der Waals surface area (Å²) in [5, 5.41) is 4.05. The molecule has 0 saturated carbocycles. The highest BCUT2D eigenvalue weighted by molar-refractivity contribution is 5.57. The van der Waals surface area contributed by atoms with E-state index in [1.54, 1.807) is 18.4 Å². The van der Waals surface area contributed by atoms with Gasteiger partial charge in [0.1, 0.15) is 17.8 Å². The molecule has 0 spiro atoms. The van der Waals surface area contributed by atoms with Gasteiger partial charge in [-0.1, -0.05) is 5.16 Å². The second kappa shape index (κ2) is 6.80. The molecule has 0 amide bonds. The van der Waals surface area contributed by atoms with Crippen molar-refractivity contribution in [1.82, 2.24) is 19.6 Å². The molecular weight excluding hydrogens is 319 g/mol. The molecule has 1 aromatic carbocycles. The summed E-state index contributed by atoms with van der Waals surface area (Å²) in [6.45, 7) is 4.20. The van der Waals surface area contributed by atoms with Gasteiger partial charge in [-0.05, 0) is 44.0 Å². The van der Waals surface area contributed by atoms with Crippen molar-refractivity contribution in [3.05, 3.63) is 60.6 Å². The third kappa shape index (κ3) is 3.35. The third-order valence-electron chi connectivity index (χ3n) is 5.10. The lowest BCUT2D eigenvalue weighted by Gasteiger charge is -2.35. The molecule has 1 fully saturated rings. The molecule has 3 aromatic rings. The average molecular weight is 340 g/mol. The Morgan fingerprint density at radius 3 is 2.60 bits per heavy atom. The summed E-state index contributed by atoms with van der Waals surface area (Å²) in [6, 6.07) is 9.13. The molecule has 5 nitrogen and oxygen atoms in total. The Bertz CT molecular complexity index is 804. The zero-order chi connectivity index (χ0) is 17.2. The lowest BCUT2D eigenvalue weighted by molar-refractivity contribution is 0.139. The van der Waals surface area contributed by atoms with Crippen molar-refractivity contribution in [2.24, 2.45) is 0 Å². The molecule has 25 heavy (non-hydrogen) atoms. The van der Waals surface area contributed by atoms with E-state index in [4.69, 9.17) is 4.52 Å². The number of likely N-dealkylation sites (tertiary alicyclic amines) is 1. The van der Waals surface area contributed by atoms with Crippen LogP contribution in [-0.4, -0.2) is 32.7 Å².